The van der Waals surface area contributed by atoms with Gasteiger partial charge in [0.05, 0.1) is 0 Å². The van der Waals surface area contributed by atoms with Gasteiger partial charge in [0.25, 0.3) is 0 Å². The molecule has 0 aliphatic carbocycles. The maximum absolute atomic E-state index is 9.43. The SMILES string of the molecule is CCO.CCOC(Cc1ccc(-c2ccnc(N(C)C)c2)cc1C)C(O)O. The molecule has 1 atom stereocenters. The van der Waals surface area contributed by atoms with E-state index in [1.54, 1.807) is 13.1 Å². The van der Waals surface area contributed by atoms with Crippen LogP contribution in [0, 0.1) is 6.92 Å². The zero-order valence-corrected chi connectivity index (χ0v) is 16.9. The second-order valence-corrected chi connectivity index (χ2v) is 6.37. The molecule has 0 saturated heterocycles. The molecule has 6 heteroatoms. The Balaban J connectivity index is 0.00000114. The molecule has 1 heterocycles. The van der Waals surface area contributed by atoms with E-state index in [4.69, 9.17) is 9.84 Å². The van der Waals surface area contributed by atoms with Gasteiger partial charge in [-0.1, -0.05) is 18.2 Å². The zero-order chi connectivity index (χ0) is 20.4. The number of aromatic nitrogens is 1. The molecule has 0 saturated carbocycles. The largest absolute Gasteiger partial charge is 0.397 e. The quantitative estimate of drug-likeness (QED) is 0.643. The van der Waals surface area contributed by atoms with Crippen LogP contribution in [-0.4, -0.2) is 60.0 Å². The maximum atomic E-state index is 9.43. The van der Waals surface area contributed by atoms with Crippen LogP contribution in [0.3, 0.4) is 0 Å². The third-order valence-electron chi connectivity index (χ3n) is 4.01. The average Bonchev–Trinajstić information content (AvgIpc) is 2.63. The predicted molar refractivity (Wildman–Crippen MR) is 109 cm³/mol. The highest BCUT2D eigenvalue weighted by Gasteiger charge is 2.18. The number of aliphatic hydroxyl groups is 3. The van der Waals surface area contributed by atoms with Crippen molar-refractivity contribution in [1.82, 2.24) is 4.98 Å². The molecule has 0 aliphatic heterocycles. The van der Waals surface area contributed by atoms with Crippen LogP contribution in [0.25, 0.3) is 11.1 Å². The predicted octanol–water partition coefficient (Wildman–Crippen LogP) is 2.38. The fraction of sp³-hybridized carbons (Fsp3) is 0.476. The summed E-state index contributed by atoms with van der Waals surface area (Å²) in [5.74, 6) is 0.911. The molecule has 27 heavy (non-hydrogen) atoms. The van der Waals surface area contributed by atoms with Crippen LogP contribution < -0.4 is 4.90 Å². The molecule has 0 aliphatic rings. The number of aliphatic hydroxyl groups excluding tert-OH is 2. The van der Waals surface area contributed by atoms with Gasteiger partial charge >= 0.3 is 0 Å². The summed E-state index contributed by atoms with van der Waals surface area (Å²) in [7, 11) is 3.93. The topological polar surface area (TPSA) is 86.1 Å². The molecular formula is C21H32N2O4. The van der Waals surface area contributed by atoms with Crippen LogP contribution >= 0.6 is 0 Å². The summed E-state index contributed by atoms with van der Waals surface area (Å²) >= 11 is 0. The average molecular weight is 376 g/mol. The van der Waals surface area contributed by atoms with Crippen molar-refractivity contribution in [2.45, 2.75) is 39.6 Å². The molecule has 0 fully saturated rings. The van der Waals surface area contributed by atoms with Crippen LogP contribution in [0.4, 0.5) is 5.82 Å². The summed E-state index contributed by atoms with van der Waals surface area (Å²) in [6, 6.07) is 10.2. The molecule has 0 radical (unpaired) electrons. The molecule has 1 aromatic heterocycles. The Hall–Kier alpha value is -1.99. The van der Waals surface area contributed by atoms with Crippen molar-refractivity contribution >= 4 is 5.82 Å². The van der Waals surface area contributed by atoms with E-state index < -0.39 is 12.4 Å². The van der Waals surface area contributed by atoms with Crippen LogP contribution in [0.5, 0.6) is 0 Å². The van der Waals surface area contributed by atoms with Gasteiger partial charge in [0, 0.05) is 39.9 Å². The van der Waals surface area contributed by atoms with Gasteiger partial charge in [-0.3, -0.25) is 0 Å². The van der Waals surface area contributed by atoms with Gasteiger partial charge < -0.3 is 25.0 Å². The fourth-order valence-electron chi connectivity index (χ4n) is 2.63. The van der Waals surface area contributed by atoms with Crippen molar-refractivity contribution in [3.05, 3.63) is 47.7 Å². The van der Waals surface area contributed by atoms with Gasteiger partial charge in [-0.05, 0) is 55.2 Å². The zero-order valence-electron chi connectivity index (χ0n) is 16.9. The van der Waals surface area contributed by atoms with Crippen molar-refractivity contribution in [3.63, 3.8) is 0 Å². The molecular weight excluding hydrogens is 344 g/mol. The van der Waals surface area contributed by atoms with Crippen molar-refractivity contribution in [1.29, 1.82) is 0 Å². The number of pyridine rings is 1. The minimum absolute atomic E-state index is 0.250. The Kier molecular flexibility index (Phi) is 9.96. The molecule has 0 spiro atoms. The summed E-state index contributed by atoms with van der Waals surface area (Å²) in [5, 5.41) is 26.4. The van der Waals surface area contributed by atoms with Crippen LogP contribution in [0.1, 0.15) is 25.0 Å². The molecule has 0 amide bonds. The van der Waals surface area contributed by atoms with Gasteiger partial charge in [0.15, 0.2) is 6.29 Å². The molecule has 1 aromatic carbocycles. The number of benzene rings is 1. The van der Waals surface area contributed by atoms with Crippen molar-refractivity contribution < 1.29 is 20.1 Å². The third-order valence-corrected chi connectivity index (χ3v) is 4.01. The smallest absolute Gasteiger partial charge is 0.178 e. The molecule has 1 unspecified atom stereocenters. The molecule has 6 nitrogen and oxygen atoms in total. The standard InChI is InChI=1S/C19H26N2O3.C2H6O/c1-5-24-17(19(22)23)11-14-6-7-15(10-13(14)2)16-8-9-20-18(12-16)21(3)4;1-2-3/h6-10,12,17,19,22-23H,5,11H2,1-4H3;3H,2H2,1H3. The Morgan fingerprint density at radius 3 is 2.22 bits per heavy atom. The van der Waals surface area contributed by atoms with E-state index in [-0.39, 0.29) is 6.61 Å². The first kappa shape index (κ1) is 23.0. The Morgan fingerprint density at radius 2 is 1.70 bits per heavy atom. The number of ether oxygens (including phenoxy) is 1. The number of nitrogens with zero attached hydrogens (tertiary/aromatic N) is 2. The minimum Gasteiger partial charge on any atom is -0.397 e. The lowest BCUT2D eigenvalue weighted by atomic mass is 9.97. The first-order valence-corrected chi connectivity index (χ1v) is 9.15. The lowest BCUT2D eigenvalue weighted by molar-refractivity contribution is -0.142. The van der Waals surface area contributed by atoms with Crippen molar-refractivity contribution in [3.8, 4) is 11.1 Å². The first-order chi connectivity index (χ1) is 12.8. The highest BCUT2D eigenvalue weighted by atomic mass is 16.5. The summed E-state index contributed by atoms with van der Waals surface area (Å²) < 4.78 is 5.41. The van der Waals surface area contributed by atoms with E-state index in [2.05, 4.69) is 17.1 Å². The fourth-order valence-corrected chi connectivity index (χ4v) is 2.63. The number of aryl methyl sites for hydroxylation is 1. The summed E-state index contributed by atoms with van der Waals surface area (Å²) in [5.41, 5.74) is 4.36. The second-order valence-electron chi connectivity index (χ2n) is 6.37. The molecule has 2 rings (SSSR count). The lowest BCUT2D eigenvalue weighted by Crippen LogP contribution is -2.31. The van der Waals surface area contributed by atoms with E-state index in [0.29, 0.717) is 13.0 Å². The highest BCUT2D eigenvalue weighted by Crippen LogP contribution is 2.25. The van der Waals surface area contributed by atoms with Crippen LogP contribution in [-0.2, 0) is 11.2 Å². The Bertz CT molecular complexity index is 690. The summed E-state index contributed by atoms with van der Waals surface area (Å²) in [6.45, 7) is 6.25. The molecule has 3 N–H and O–H groups in total. The summed E-state index contributed by atoms with van der Waals surface area (Å²) in [4.78, 5) is 6.31. The van der Waals surface area contributed by atoms with E-state index in [0.717, 1.165) is 28.1 Å². The molecule has 150 valence electrons. The van der Waals surface area contributed by atoms with Gasteiger partial charge in [-0.25, -0.2) is 4.98 Å². The minimum atomic E-state index is -1.48. The third kappa shape index (κ3) is 7.27. The van der Waals surface area contributed by atoms with Gasteiger partial charge in [-0.15, -0.1) is 0 Å². The number of rotatable bonds is 7. The number of anilines is 1. The normalized spacial score (nSPS) is 11.7. The summed E-state index contributed by atoms with van der Waals surface area (Å²) in [6.07, 6.45) is 0.186. The Labute approximate surface area is 162 Å². The Morgan fingerprint density at radius 1 is 1.07 bits per heavy atom. The van der Waals surface area contributed by atoms with Crippen molar-refractivity contribution in [2.75, 3.05) is 32.2 Å². The van der Waals surface area contributed by atoms with E-state index in [9.17, 15) is 10.2 Å². The monoisotopic (exact) mass is 376 g/mol. The van der Waals surface area contributed by atoms with Crippen LogP contribution in [0.15, 0.2) is 36.5 Å². The molecule has 0 bridgehead atoms. The second kappa shape index (κ2) is 11.7. The highest BCUT2D eigenvalue weighted by molar-refractivity contribution is 5.67. The van der Waals surface area contributed by atoms with Gasteiger partial charge in [0.2, 0.25) is 0 Å². The van der Waals surface area contributed by atoms with Crippen LogP contribution in [0.2, 0.25) is 0 Å². The van der Waals surface area contributed by atoms with Crippen molar-refractivity contribution in [2.24, 2.45) is 0 Å². The lowest BCUT2D eigenvalue weighted by Gasteiger charge is -2.20. The van der Waals surface area contributed by atoms with E-state index in [1.165, 1.54) is 0 Å². The number of hydrogen-bond donors (Lipinski definition) is 3. The number of hydrogen-bond acceptors (Lipinski definition) is 6. The maximum Gasteiger partial charge on any atom is 0.178 e. The first-order valence-electron chi connectivity index (χ1n) is 9.15. The van der Waals surface area contributed by atoms with E-state index >= 15 is 0 Å². The van der Waals surface area contributed by atoms with Gasteiger partial charge in [-0.2, -0.15) is 0 Å². The van der Waals surface area contributed by atoms with Gasteiger partial charge in [0.1, 0.15) is 11.9 Å². The molecule has 2 aromatic rings. The van der Waals surface area contributed by atoms with E-state index in [1.807, 2.05) is 51.0 Å².